The maximum Gasteiger partial charge on any atom is 0.193 e. The summed E-state index contributed by atoms with van der Waals surface area (Å²) in [6.45, 7) is 5.64. The number of aliphatic hydroxyl groups excluding tert-OH is 1. The van der Waals surface area contributed by atoms with Crippen molar-refractivity contribution in [3.05, 3.63) is 59.4 Å². The number of thiazole rings is 1. The van der Waals surface area contributed by atoms with E-state index in [1.807, 2.05) is 30.3 Å². The Bertz CT molecular complexity index is 748. The van der Waals surface area contributed by atoms with E-state index in [1.165, 1.54) is 0 Å². The molecule has 0 radical (unpaired) electrons. The number of aliphatic hydroxyl groups is 1. The first-order valence-corrected chi connectivity index (χ1v) is 9.25. The van der Waals surface area contributed by atoms with Crippen LogP contribution < -0.4 is 0 Å². The molecule has 1 fully saturated rings. The minimum absolute atomic E-state index is 0.405. The van der Waals surface area contributed by atoms with Gasteiger partial charge in [-0.25, -0.2) is 4.98 Å². The quantitative estimate of drug-likeness (QED) is 0.772. The van der Waals surface area contributed by atoms with Gasteiger partial charge < -0.3 is 5.11 Å². The van der Waals surface area contributed by atoms with E-state index in [2.05, 4.69) is 37.0 Å². The third-order valence-corrected chi connectivity index (χ3v) is 5.38. The lowest BCUT2D eigenvalue weighted by atomic mass is 10.1. The third-order valence-electron chi connectivity index (χ3n) is 4.61. The fraction of sp³-hybridized carbons (Fsp3) is 0.389. The molecular formula is C18H22N4OS. The molecule has 0 aliphatic carbocycles. The Labute approximate surface area is 145 Å². The maximum absolute atomic E-state index is 10.4. The van der Waals surface area contributed by atoms with Gasteiger partial charge in [0.2, 0.25) is 0 Å². The van der Waals surface area contributed by atoms with Gasteiger partial charge in [-0.05, 0) is 5.56 Å². The van der Waals surface area contributed by atoms with Crippen molar-refractivity contribution in [2.24, 2.45) is 0 Å². The number of piperazine rings is 1. The molecule has 1 aliphatic rings. The van der Waals surface area contributed by atoms with Gasteiger partial charge in [-0.2, -0.15) is 0 Å². The van der Waals surface area contributed by atoms with Crippen LogP contribution in [-0.2, 0) is 6.54 Å². The second-order valence-corrected chi connectivity index (χ2v) is 7.20. The zero-order valence-corrected chi connectivity index (χ0v) is 14.4. The summed E-state index contributed by atoms with van der Waals surface area (Å²) in [5, 5.41) is 12.4. The largest absolute Gasteiger partial charge is 0.387 e. The lowest BCUT2D eigenvalue weighted by molar-refractivity contribution is 0.0697. The highest BCUT2D eigenvalue weighted by Gasteiger charge is 2.20. The average Bonchev–Trinajstić information content (AvgIpc) is 3.19. The Morgan fingerprint density at radius 3 is 2.58 bits per heavy atom. The number of nitrogens with zero attached hydrogens (tertiary/aromatic N) is 4. The van der Waals surface area contributed by atoms with Gasteiger partial charge in [0.25, 0.3) is 0 Å². The minimum Gasteiger partial charge on any atom is -0.387 e. The summed E-state index contributed by atoms with van der Waals surface area (Å²) in [5.41, 5.74) is 2.14. The van der Waals surface area contributed by atoms with Gasteiger partial charge in [-0.1, -0.05) is 30.3 Å². The van der Waals surface area contributed by atoms with Gasteiger partial charge in [0, 0.05) is 57.0 Å². The zero-order chi connectivity index (χ0) is 16.4. The first-order valence-electron chi connectivity index (χ1n) is 8.37. The van der Waals surface area contributed by atoms with E-state index in [0.29, 0.717) is 6.54 Å². The molecule has 0 unspecified atom stereocenters. The molecule has 1 N–H and O–H groups in total. The van der Waals surface area contributed by atoms with E-state index >= 15 is 0 Å². The van der Waals surface area contributed by atoms with Crippen LogP contribution in [0, 0.1) is 0 Å². The van der Waals surface area contributed by atoms with Crippen LogP contribution in [0.25, 0.3) is 4.96 Å². The summed E-state index contributed by atoms with van der Waals surface area (Å²) in [7, 11) is 0. The maximum atomic E-state index is 10.4. The molecule has 1 aromatic carbocycles. The van der Waals surface area contributed by atoms with E-state index in [1.54, 1.807) is 11.3 Å². The molecule has 24 heavy (non-hydrogen) atoms. The van der Waals surface area contributed by atoms with Crippen molar-refractivity contribution < 1.29 is 5.11 Å². The van der Waals surface area contributed by atoms with Gasteiger partial charge in [-0.15, -0.1) is 11.3 Å². The number of benzene rings is 1. The molecule has 3 aromatic rings. The molecule has 126 valence electrons. The van der Waals surface area contributed by atoms with Crippen LogP contribution in [0.4, 0.5) is 0 Å². The van der Waals surface area contributed by atoms with Crippen molar-refractivity contribution in [2.45, 2.75) is 12.6 Å². The second-order valence-electron chi connectivity index (χ2n) is 6.33. The monoisotopic (exact) mass is 342 g/mol. The molecule has 1 atom stereocenters. The number of hydrogen-bond acceptors (Lipinski definition) is 5. The Morgan fingerprint density at radius 2 is 1.83 bits per heavy atom. The highest BCUT2D eigenvalue weighted by Crippen LogP contribution is 2.17. The van der Waals surface area contributed by atoms with E-state index in [-0.39, 0.29) is 0 Å². The molecule has 4 rings (SSSR count). The summed E-state index contributed by atoms with van der Waals surface area (Å²) in [4.78, 5) is 10.5. The van der Waals surface area contributed by atoms with E-state index in [9.17, 15) is 5.11 Å². The summed E-state index contributed by atoms with van der Waals surface area (Å²) >= 11 is 1.67. The third kappa shape index (κ3) is 3.52. The number of rotatable bonds is 5. The molecule has 0 bridgehead atoms. The first kappa shape index (κ1) is 15.8. The summed E-state index contributed by atoms with van der Waals surface area (Å²) in [6, 6.07) is 9.92. The summed E-state index contributed by atoms with van der Waals surface area (Å²) < 4.78 is 2.09. The Balaban J connectivity index is 1.28. The van der Waals surface area contributed by atoms with Gasteiger partial charge in [-0.3, -0.25) is 14.2 Å². The van der Waals surface area contributed by atoms with Crippen LogP contribution >= 0.6 is 11.3 Å². The van der Waals surface area contributed by atoms with Crippen molar-refractivity contribution >= 4 is 16.3 Å². The number of fused-ring (bicyclic) bond motifs is 1. The van der Waals surface area contributed by atoms with Crippen LogP contribution in [0.2, 0.25) is 0 Å². The van der Waals surface area contributed by atoms with Gasteiger partial charge in [0.1, 0.15) is 0 Å². The summed E-state index contributed by atoms with van der Waals surface area (Å²) in [6.07, 6.45) is 3.77. The lowest BCUT2D eigenvalue weighted by Gasteiger charge is -2.35. The highest BCUT2D eigenvalue weighted by molar-refractivity contribution is 7.15. The van der Waals surface area contributed by atoms with Gasteiger partial charge in [0.05, 0.1) is 11.8 Å². The van der Waals surface area contributed by atoms with Crippen molar-refractivity contribution in [3.63, 3.8) is 0 Å². The van der Waals surface area contributed by atoms with Crippen molar-refractivity contribution in [2.75, 3.05) is 32.7 Å². The Hall–Kier alpha value is -1.73. The second kappa shape index (κ2) is 7.03. The van der Waals surface area contributed by atoms with Crippen LogP contribution in [0.1, 0.15) is 17.4 Å². The molecule has 5 nitrogen and oxygen atoms in total. The zero-order valence-electron chi connectivity index (χ0n) is 13.6. The number of imidazole rings is 1. The van der Waals surface area contributed by atoms with Gasteiger partial charge in [0.15, 0.2) is 4.96 Å². The van der Waals surface area contributed by atoms with Crippen molar-refractivity contribution in [1.29, 1.82) is 0 Å². The van der Waals surface area contributed by atoms with E-state index < -0.39 is 6.10 Å². The predicted molar refractivity (Wildman–Crippen MR) is 96.2 cm³/mol. The first-order chi connectivity index (χ1) is 11.8. The normalized spacial score (nSPS) is 18.2. The smallest absolute Gasteiger partial charge is 0.193 e. The van der Waals surface area contributed by atoms with E-state index in [4.69, 9.17) is 0 Å². The van der Waals surface area contributed by atoms with E-state index in [0.717, 1.165) is 48.9 Å². The standard InChI is InChI=1S/C18H22N4OS/c23-17(15-4-2-1-3-5-15)14-21-8-6-20(7-9-21)12-16-13-22-10-11-24-18(22)19-16/h1-5,10-11,13,17,23H,6-9,12,14H2/t17-/m0/s1. The number of aromatic nitrogens is 2. The molecule has 2 aromatic heterocycles. The topological polar surface area (TPSA) is 44.0 Å². The molecule has 3 heterocycles. The molecule has 6 heteroatoms. The molecular weight excluding hydrogens is 320 g/mol. The van der Waals surface area contributed by atoms with Crippen LogP contribution in [0.5, 0.6) is 0 Å². The Kier molecular flexibility index (Phi) is 4.62. The fourth-order valence-electron chi connectivity index (χ4n) is 3.24. The Morgan fingerprint density at radius 1 is 1.08 bits per heavy atom. The van der Waals surface area contributed by atoms with Crippen LogP contribution in [-0.4, -0.2) is 57.0 Å². The number of β-amino-alcohol motifs (C(OH)–C–C–N with tert-alkyl or cyclic N) is 1. The minimum atomic E-state index is -0.405. The average molecular weight is 342 g/mol. The molecule has 1 saturated heterocycles. The summed E-state index contributed by atoms with van der Waals surface area (Å²) in [5.74, 6) is 0. The van der Waals surface area contributed by atoms with Crippen molar-refractivity contribution in [1.82, 2.24) is 19.2 Å². The molecule has 0 spiro atoms. The highest BCUT2D eigenvalue weighted by atomic mass is 32.1. The van der Waals surface area contributed by atoms with Crippen LogP contribution in [0.15, 0.2) is 48.1 Å². The molecule has 0 amide bonds. The molecule has 0 saturated carbocycles. The lowest BCUT2D eigenvalue weighted by Crippen LogP contribution is -2.47. The fourth-order valence-corrected chi connectivity index (χ4v) is 3.96. The van der Waals surface area contributed by atoms with Gasteiger partial charge >= 0.3 is 0 Å². The SMILES string of the molecule is O[C@@H](CN1CCN(Cc2cn3ccsc3n2)CC1)c1ccccc1. The molecule has 1 aliphatic heterocycles. The van der Waals surface area contributed by atoms with Crippen molar-refractivity contribution in [3.8, 4) is 0 Å². The number of hydrogen-bond donors (Lipinski definition) is 1. The predicted octanol–water partition coefficient (Wildman–Crippen LogP) is 2.25. The van der Waals surface area contributed by atoms with Crippen LogP contribution in [0.3, 0.4) is 0 Å².